The van der Waals surface area contributed by atoms with Crippen LogP contribution in [0.15, 0.2) is 94.3 Å². The molecule has 1 N–H and O–H groups in total. The predicted octanol–water partition coefficient (Wildman–Crippen LogP) is 5.09. The smallest absolute Gasteiger partial charge is 0.206 e. The van der Waals surface area contributed by atoms with E-state index in [9.17, 15) is 9.50 Å². The monoisotopic (exact) mass is 417 g/mol. The van der Waals surface area contributed by atoms with Crippen LogP contribution in [0.25, 0.3) is 11.3 Å². The number of phenolic OH excluding ortho intramolecular Hbond substituents is 1. The quantitative estimate of drug-likeness (QED) is 0.437. The van der Waals surface area contributed by atoms with Gasteiger partial charge in [0.25, 0.3) is 0 Å². The average Bonchev–Trinajstić information content (AvgIpc) is 3.16. The first kappa shape index (κ1) is 19.8. The summed E-state index contributed by atoms with van der Waals surface area (Å²) >= 11 is 1.42. The Morgan fingerprint density at radius 3 is 2.57 bits per heavy atom. The molecule has 0 saturated carbocycles. The number of benzene rings is 3. The Bertz CT molecular complexity index is 1230. The fraction of sp³-hybridized carbons (Fsp3) is 0.0833. The van der Waals surface area contributed by atoms with Crippen molar-refractivity contribution < 1.29 is 9.50 Å². The average molecular weight is 418 g/mol. The summed E-state index contributed by atoms with van der Waals surface area (Å²) in [6.45, 7) is 0.600. The maximum Gasteiger partial charge on any atom is 0.206 e. The molecule has 3 aromatic carbocycles. The van der Waals surface area contributed by atoms with Crippen molar-refractivity contribution in [3.63, 3.8) is 0 Å². The molecule has 0 unspecified atom stereocenters. The number of aromatic hydroxyl groups is 1. The van der Waals surface area contributed by atoms with Crippen molar-refractivity contribution in [3.05, 3.63) is 106 Å². The molecule has 0 aliphatic carbocycles. The fourth-order valence-corrected chi connectivity index (χ4v) is 3.88. The number of hydrogen-bond donors (Lipinski definition) is 1. The van der Waals surface area contributed by atoms with Gasteiger partial charge in [-0.1, -0.05) is 54.6 Å². The summed E-state index contributed by atoms with van der Waals surface area (Å²) in [5.74, 6) is -0.149. The number of hydrogen-bond acceptors (Lipinski definition) is 4. The van der Waals surface area contributed by atoms with Gasteiger partial charge in [-0.3, -0.25) is 4.99 Å². The third kappa shape index (κ3) is 4.72. The standard InChI is InChI=1S/C24H20FN3OS/c25-22-12-5-4-11-21(22)23-17-30-24(26-14-13-18-7-2-1-3-8-18)28(23)27-16-19-9-6-10-20(29)15-19/h1-12,15-17,29H,13-14H2. The van der Waals surface area contributed by atoms with Gasteiger partial charge in [0.15, 0.2) is 0 Å². The molecule has 0 aliphatic heterocycles. The summed E-state index contributed by atoms with van der Waals surface area (Å²) in [5, 5.41) is 16.1. The van der Waals surface area contributed by atoms with Crippen molar-refractivity contribution in [2.45, 2.75) is 6.42 Å². The van der Waals surface area contributed by atoms with Crippen LogP contribution in [-0.4, -0.2) is 22.5 Å². The van der Waals surface area contributed by atoms with Crippen molar-refractivity contribution >= 4 is 17.6 Å². The lowest BCUT2D eigenvalue weighted by Gasteiger charge is -2.05. The Morgan fingerprint density at radius 1 is 0.967 bits per heavy atom. The highest BCUT2D eigenvalue weighted by molar-refractivity contribution is 7.07. The highest BCUT2D eigenvalue weighted by Gasteiger charge is 2.11. The van der Waals surface area contributed by atoms with Crippen LogP contribution >= 0.6 is 11.3 Å². The molecular formula is C24H20FN3OS. The molecular weight excluding hydrogens is 397 g/mol. The fourth-order valence-electron chi connectivity index (χ4n) is 3.03. The maximum atomic E-state index is 14.4. The molecule has 4 aromatic rings. The van der Waals surface area contributed by atoms with Crippen molar-refractivity contribution in [1.29, 1.82) is 0 Å². The molecule has 0 spiro atoms. The van der Waals surface area contributed by atoms with E-state index in [1.165, 1.54) is 23.0 Å². The summed E-state index contributed by atoms with van der Waals surface area (Å²) < 4.78 is 16.1. The zero-order valence-electron chi connectivity index (χ0n) is 16.1. The zero-order chi connectivity index (χ0) is 20.8. The minimum Gasteiger partial charge on any atom is -0.508 e. The van der Waals surface area contributed by atoms with Gasteiger partial charge in [-0.15, -0.1) is 11.3 Å². The molecule has 0 aliphatic rings. The SMILES string of the molecule is Oc1cccc(C=Nn2c(-c3ccccc3F)csc2=NCCc2ccccc2)c1. The molecule has 1 aromatic heterocycles. The van der Waals surface area contributed by atoms with E-state index in [0.717, 1.165) is 12.0 Å². The molecule has 0 amide bonds. The molecule has 150 valence electrons. The molecule has 0 bridgehead atoms. The summed E-state index contributed by atoms with van der Waals surface area (Å²) in [7, 11) is 0. The first-order valence-corrected chi connectivity index (χ1v) is 10.4. The van der Waals surface area contributed by atoms with Gasteiger partial charge < -0.3 is 5.11 Å². The Labute approximate surface area is 177 Å². The second kappa shape index (κ2) is 9.33. The normalized spacial score (nSPS) is 12.0. The summed E-state index contributed by atoms with van der Waals surface area (Å²) in [5.41, 5.74) is 3.05. The lowest BCUT2D eigenvalue weighted by atomic mass is 10.1. The van der Waals surface area contributed by atoms with Crippen LogP contribution in [-0.2, 0) is 6.42 Å². The van der Waals surface area contributed by atoms with Crippen LogP contribution in [0.2, 0.25) is 0 Å². The number of phenols is 1. The largest absolute Gasteiger partial charge is 0.508 e. The van der Waals surface area contributed by atoms with E-state index in [1.807, 2.05) is 29.6 Å². The highest BCUT2D eigenvalue weighted by Crippen LogP contribution is 2.23. The first-order valence-electron chi connectivity index (χ1n) is 9.54. The third-order valence-corrected chi connectivity index (χ3v) is 5.37. The van der Waals surface area contributed by atoms with Gasteiger partial charge in [-0.2, -0.15) is 5.10 Å². The first-order chi connectivity index (χ1) is 14.7. The summed E-state index contributed by atoms with van der Waals surface area (Å²) in [6.07, 6.45) is 2.44. The van der Waals surface area contributed by atoms with E-state index >= 15 is 0 Å². The highest BCUT2D eigenvalue weighted by atomic mass is 32.1. The predicted molar refractivity (Wildman–Crippen MR) is 119 cm³/mol. The number of aromatic nitrogens is 1. The maximum absolute atomic E-state index is 14.4. The topological polar surface area (TPSA) is 49.9 Å². The molecule has 0 fully saturated rings. The lowest BCUT2D eigenvalue weighted by molar-refractivity contribution is 0.475. The van der Waals surface area contributed by atoms with Crippen molar-refractivity contribution in [3.8, 4) is 17.0 Å². The summed E-state index contributed by atoms with van der Waals surface area (Å²) in [6, 6.07) is 23.6. The van der Waals surface area contributed by atoms with Crippen LogP contribution in [0.3, 0.4) is 0 Å². The van der Waals surface area contributed by atoms with Crippen molar-refractivity contribution in [2.24, 2.45) is 10.1 Å². The minimum atomic E-state index is -0.313. The van der Waals surface area contributed by atoms with Crippen LogP contribution < -0.4 is 4.80 Å². The Balaban J connectivity index is 1.71. The van der Waals surface area contributed by atoms with E-state index in [0.29, 0.717) is 22.6 Å². The Morgan fingerprint density at radius 2 is 1.77 bits per heavy atom. The number of nitrogens with zero attached hydrogens (tertiary/aromatic N) is 3. The minimum absolute atomic E-state index is 0.163. The van der Waals surface area contributed by atoms with Gasteiger partial charge in [0.2, 0.25) is 4.80 Å². The van der Waals surface area contributed by atoms with Gasteiger partial charge in [0.1, 0.15) is 11.6 Å². The van der Waals surface area contributed by atoms with E-state index < -0.39 is 0 Å². The van der Waals surface area contributed by atoms with E-state index in [4.69, 9.17) is 4.99 Å². The molecule has 4 rings (SSSR count). The Hall–Kier alpha value is -3.51. The second-order valence-electron chi connectivity index (χ2n) is 6.65. The molecule has 0 atom stereocenters. The van der Waals surface area contributed by atoms with Gasteiger partial charge >= 0.3 is 0 Å². The van der Waals surface area contributed by atoms with Gasteiger partial charge in [-0.05, 0) is 41.8 Å². The van der Waals surface area contributed by atoms with E-state index in [-0.39, 0.29) is 11.6 Å². The number of halogens is 1. The van der Waals surface area contributed by atoms with Gasteiger partial charge in [-0.25, -0.2) is 9.07 Å². The zero-order valence-corrected chi connectivity index (χ0v) is 17.0. The van der Waals surface area contributed by atoms with Crippen LogP contribution in [0.4, 0.5) is 4.39 Å². The van der Waals surface area contributed by atoms with Crippen LogP contribution in [0, 0.1) is 5.82 Å². The summed E-state index contributed by atoms with van der Waals surface area (Å²) in [4.78, 5) is 5.38. The lowest BCUT2D eigenvalue weighted by Crippen LogP contribution is -2.13. The van der Waals surface area contributed by atoms with Crippen molar-refractivity contribution in [1.82, 2.24) is 4.68 Å². The van der Waals surface area contributed by atoms with Gasteiger partial charge in [0, 0.05) is 17.5 Å². The molecule has 6 heteroatoms. The molecule has 1 heterocycles. The van der Waals surface area contributed by atoms with Gasteiger partial charge in [0.05, 0.1) is 11.9 Å². The molecule has 30 heavy (non-hydrogen) atoms. The van der Waals surface area contributed by atoms with Crippen LogP contribution in [0.5, 0.6) is 5.75 Å². The second-order valence-corrected chi connectivity index (χ2v) is 7.49. The molecule has 0 radical (unpaired) electrons. The third-order valence-electron chi connectivity index (χ3n) is 4.52. The number of thiazole rings is 1. The Kier molecular flexibility index (Phi) is 6.15. The molecule has 4 nitrogen and oxygen atoms in total. The van der Waals surface area contributed by atoms with Crippen LogP contribution in [0.1, 0.15) is 11.1 Å². The van der Waals surface area contributed by atoms with E-state index in [1.54, 1.807) is 47.3 Å². The molecule has 0 saturated heterocycles. The van der Waals surface area contributed by atoms with Crippen molar-refractivity contribution in [2.75, 3.05) is 6.54 Å². The van der Waals surface area contributed by atoms with E-state index in [2.05, 4.69) is 17.2 Å². The number of rotatable bonds is 6.